The number of aromatic nitrogens is 1. The zero-order chi connectivity index (χ0) is 18.0. The molecule has 5 nitrogen and oxygen atoms in total. The van der Waals surface area contributed by atoms with Crippen molar-refractivity contribution in [2.75, 3.05) is 5.73 Å². The highest BCUT2D eigenvalue weighted by atomic mass is 35.5. The van der Waals surface area contributed by atoms with Crippen LogP contribution in [0.1, 0.15) is 11.1 Å². The number of nitrogen functional groups attached to an aromatic ring is 1. The Morgan fingerprint density at radius 3 is 1.84 bits per heavy atom. The third-order valence-electron chi connectivity index (χ3n) is 3.82. The van der Waals surface area contributed by atoms with E-state index in [9.17, 15) is 15.3 Å². The molecule has 3 aromatic rings. The lowest BCUT2D eigenvalue weighted by atomic mass is 9.95. The van der Waals surface area contributed by atoms with E-state index in [1.165, 1.54) is 0 Å². The number of nitrogens with two attached hydrogens (primary N) is 1. The molecule has 0 fully saturated rings. The van der Waals surface area contributed by atoms with Crippen LogP contribution in [-0.4, -0.2) is 4.98 Å². The summed E-state index contributed by atoms with van der Waals surface area (Å²) < 4.78 is 0. The first-order chi connectivity index (χ1) is 12.0. The Morgan fingerprint density at radius 2 is 1.32 bits per heavy atom. The number of pyridine rings is 1. The van der Waals surface area contributed by atoms with Crippen molar-refractivity contribution in [2.45, 2.75) is 0 Å². The molecule has 0 aliphatic heterocycles. The normalized spacial score (nSPS) is 10.0. The lowest BCUT2D eigenvalue weighted by molar-refractivity contribution is 1.21. The Hall–Kier alpha value is -3.54. The van der Waals surface area contributed by atoms with Crippen molar-refractivity contribution in [1.29, 1.82) is 10.5 Å². The second-order valence-corrected chi connectivity index (χ2v) is 5.74. The third kappa shape index (κ3) is 2.97. The number of hydrogen-bond donors (Lipinski definition) is 2. The number of benzene rings is 2. The maximum Gasteiger partial charge on any atom is 0.268 e. The predicted octanol–water partition coefficient (Wildman–Crippen LogP) is 3.69. The highest BCUT2D eigenvalue weighted by Crippen LogP contribution is 2.30. The average Bonchev–Trinajstić information content (AvgIpc) is 2.62. The molecule has 3 N–H and O–H groups in total. The zero-order valence-corrected chi connectivity index (χ0v) is 13.6. The van der Waals surface area contributed by atoms with Gasteiger partial charge in [0.1, 0.15) is 29.1 Å². The van der Waals surface area contributed by atoms with Gasteiger partial charge in [0.15, 0.2) is 0 Å². The van der Waals surface area contributed by atoms with Crippen LogP contribution in [-0.2, 0) is 0 Å². The number of nitrogens with zero attached hydrogens (tertiary/aromatic N) is 2. The van der Waals surface area contributed by atoms with Crippen molar-refractivity contribution in [1.82, 2.24) is 4.98 Å². The molecule has 25 heavy (non-hydrogen) atoms. The summed E-state index contributed by atoms with van der Waals surface area (Å²) in [6.07, 6.45) is 0. The summed E-state index contributed by atoms with van der Waals surface area (Å²) in [6, 6.07) is 18.4. The van der Waals surface area contributed by atoms with Gasteiger partial charge in [-0.2, -0.15) is 10.5 Å². The van der Waals surface area contributed by atoms with E-state index in [1.54, 1.807) is 24.3 Å². The summed E-state index contributed by atoms with van der Waals surface area (Å²) in [6.45, 7) is 0. The molecule has 0 radical (unpaired) electrons. The molecular formula is C19H11ClN4O. The molecule has 2 aromatic carbocycles. The van der Waals surface area contributed by atoms with Crippen molar-refractivity contribution in [2.24, 2.45) is 0 Å². The summed E-state index contributed by atoms with van der Waals surface area (Å²) in [4.78, 5) is 14.3. The van der Waals surface area contributed by atoms with Crippen LogP contribution in [0.5, 0.6) is 0 Å². The van der Waals surface area contributed by atoms with Crippen LogP contribution < -0.4 is 11.3 Å². The number of H-pyrrole nitrogens is 1. The minimum absolute atomic E-state index is 0.0525. The van der Waals surface area contributed by atoms with Gasteiger partial charge in [-0.05, 0) is 28.8 Å². The fraction of sp³-hybridized carbons (Fsp3) is 0. The summed E-state index contributed by atoms with van der Waals surface area (Å²) in [5.74, 6) is -0.0525. The molecule has 0 saturated heterocycles. The SMILES string of the molecule is N#Cc1c(N)[nH]c(=O)c(C#N)c1-c1ccc(-c2ccc(Cl)cc2)cc1. The largest absolute Gasteiger partial charge is 0.384 e. The molecule has 120 valence electrons. The van der Waals surface area contributed by atoms with Gasteiger partial charge in [-0.15, -0.1) is 0 Å². The van der Waals surface area contributed by atoms with E-state index < -0.39 is 5.56 Å². The fourth-order valence-corrected chi connectivity index (χ4v) is 2.73. The smallest absolute Gasteiger partial charge is 0.268 e. The van der Waals surface area contributed by atoms with Crippen LogP contribution in [0.15, 0.2) is 53.3 Å². The summed E-state index contributed by atoms with van der Waals surface area (Å²) in [7, 11) is 0. The van der Waals surface area contributed by atoms with Crippen molar-refractivity contribution in [3.05, 3.63) is 75.0 Å². The molecule has 1 heterocycles. The third-order valence-corrected chi connectivity index (χ3v) is 4.07. The van der Waals surface area contributed by atoms with Crippen LogP contribution in [0.25, 0.3) is 22.3 Å². The number of rotatable bonds is 2. The molecule has 1 aromatic heterocycles. The Labute approximate surface area is 148 Å². The highest BCUT2D eigenvalue weighted by molar-refractivity contribution is 6.30. The number of aromatic amines is 1. The topological polar surface area (TPSA) is 106 Å². The predicted molar refractivity (Wildman–Crippen MR) is 96.8 cm³/mol. The van der Waals surface area contributed by atoms with Crippen LogP contribution in [0.2, 0.25) is 5.02 Å². The molecule has 0 aliphatic rings. The van der Waals surface area contributed by atoms with Gasteiger partial charge < -0.3 is 10.7 Å². The number of hydrogen-bond acceptors (Lipinski definition) is 4. The second-order valence-electron chi connectivity index (χ2n) is 5.30. The van der Waals surface area contributed by atoms with Crippen molar-refractivity contribution < 1.29 is 0 Å². The molecule has 0 bridgehead atoms. The maximum atomic E-state index is 12.0. The van der Waals surface area contributed by atoms with Crippen molar-refractivity contribution in [3.63, 3.8) is 0 Å². The zero-order valence-electron chi connectivity index (χ0n) is 12.9. The van der Waals surface area contributed by atoms with Gasteiger partial charge >= 0.3 is 0 Å². The first kappa shape index (κ1) is 16.3. The Balaban J connectivity index is 2.16. The number of halogens is 1. The van der Waals surface area contributed by atoms with Crippen molar-refractivity contribution >= 4 is 17.4 Å². The van der Waals surface area contributed by atoms with E-state index in [2.05, 4.69) is 4.98 Å². The molecule has 0 aliphatic carbocycles. The Morgan fingerprint density at radius 1 is 0.840 bits per heavy atom. The van der Waals surface area contributed by atoms with Crippen LogP contribution >= 0.6 is 11.6 Å². The minimum atomic E-state index is -0.615. The Kier molecular flexibility index (Phi) is 4.26. The molecule has 0 saturated carbocycles. The lowest BCUT2D eigenvalue weighted by Crippen LogP contribution is -2.16. The van der Waals surface area contributed by atoms with Gasteiger partial charge in [-0.1, -0.05) is 48.0 Å². The monoisotopic (exact) mass is 346 g/mol. The molecule has 0 amide bonds. The molecule has 6 heteroatoms. The minimum Gasteiger partial charge on any atom is -0.384 e. The number of nitriles is 2. The summed E-state index contributed by atoms with van der Waals surface area (Å²) >= 11 is 5.90. The Bertz CT molecular complexity index is 1080. The van der Waals surface area contributed by atoms with Crippen LogP contribution in [0.3, 0.4) is 0 Å². The van der Waals surface area contributed by atoms with Crippen LogP contribution in [0.4, 0.5) is 5.82 Å². The molecule has 0 spiro atoms. The van der Waals surface area contributed by atoms with E-state index in [4.69, 9.17) is 17.3 Å². The highest BCUT2D eigenvalue weighted by Gasteiger charge is 2.17. The van der Waals surface area contributed by atoms with Gasteiger partial charge in [0.05, 0.1) is 0 Å². The van der Waals surface area contributed by atoms with E-state index in [0.717, 1.165) is 11.1 Å². The molecular weight excluding hydrogens is 336 g/mol. The standard InChI is InChI=1S/C19H11ClN4O/c20-14-7-5-12(6-8-14)11-1-3-13(4-2-11)17-15(9-21)18(23)24-19(25)16(17)10-22/h1-8H,(H3,23,24,25). The van der Waals surface area contributed by atoms with Gasteiger partial charge in [-0.25, -0.2) is 0 Å². The molecule has 0 unspecified atom stereocenters. The maximum absolute atomic E-state index is 12.0. The molecule has 0 atom stereocenters. The van der Waals surface area contributed by atoms with E-state index in [0.29, 0.717) is 10.6 Å². The fourth-order valence-electron chi connectivity index (χ4n) is 2.60. The number of anilines is 1. The van der Waals surface area contributed by atoms with Gasteiger partial charge in [0, 0.05) is 10.6 Å². The molecule has 3 rings (SSSR count). The number of nitrogens with one attached hydrogen (secondary N) is 1. The lowest BCUT2D eigenvalue weighted by Gasteiger charge is -2.10. The average molecular weight is 347 g/mol. The van der Waals surface area contributed by atoms with E-state index >= 15 is 0 Å². The first-order valence-corrected chi connectivity index (χ1v) is 7.65. The van der Waals surface area contributed by atoms with Gasteiger partial charge in [0.2, 0.25) is 0 Å². The van der Waals surface area contributed by atoms with Crippen LogP contribution in [0, 0.1) is 22.7 Å². The van der Waals surface area contributed by atoms with Gasteiger partial charge in [0.25, 0.3) is 5.56 Å². The van der Waals surface area contributed by atoms with E-state index in [-0.39, 0.29) is 22.5 Å². The summed E-state index contributed by atoms with van der Waals surface area (Å²) in [5, 5.41) is 19.3. The van der Waals surface area contributed by atoms with Gasteiger partial charge in [-0.3, -0.25) is 4.79 Å². The second kappa shape index (κ2) is 6.52. The van der Waals surface area contributed by atoms with E-state index in [1.807, 2.05) is 36.4 Å². The van der Waals surface area contributed by atoms with Crippen molar-refractivity contribution in [3.8, 4) is 34.4 Å². The summed E-state index contributed by atoms with van der Waals surface area (Å²) in [5.41, 5.74) is 7.79. The quantitative estimate of drug-likeness (QED) is 0.737. The first-order valence-electron chi connectivity index (χ1n) is 7.27.